The number of nitrogens with zero attached hydrogens (tertiary/aromatic N) is 4. The zero-order valence-electron chi connectivity index (χ0n) is 20.3. The van der Waals surface area contributed by atoms with Crippen LogP contribution in [-0.2, 0) is 6.54 Å². The van der Waals surface area contributed by atoms with E-state index in [1.165, 1.54) is 0 Å². The van der Waals surface area contributed by atoms with E-state index in [-0.39, 0.29) is 5.56 Å². The molecule has 0 aliphatic carbocycles. The first kappa shape index (κ1) is 24.7. The lowest BCUT2D eigenvalue weighted by molar-refractivity contribution is 0.222. The number of aromatic nitrogens is 3. The number of halogens is 1. The number of fused-ring (bicyclic) bond motifs is 1. The third-order valence-electron chi connectivity index (χ3n) is 6.02. The average molecular weight is 492 g/mol. The largest absolute Gasteiger partial charge is 0.491 e. The molecule has 0 fully saturated rings. The maximum atomic E-state index is 13.3. The summed E-state index contributed by atoms with van der Waals surface area (Å²) in [6.45, 7) is 10.3. The summed E-state index contributed by atoms with van der Waals surface area (Å²) in [5, 5.41) is 4.62. The van der Waals surface area contributed by atoms with Crippen LogP contribution >= 0.6 is 11.6 Å². The van der Waals surface area contributed by atoms with Crippen molar-refractivity contribution in [1.29, 1.82) is 0 Å². The fourth-order valence-corrected chi connectivity index (χ4v) is 4.27. The van der Waals surface area contributed by atoms with Crippen LogP contribution in [0.3, 0.4) is 0 Å². The molecule has 4 aromatic rings. The Bertz CT molecular complexity index is 1350. The lowest BCUT2D eigenvalue weighted by Crippen LogP contribution is -2.27. The van der Waals surface area contributed by atoms with Crippen molar-refractivity contribution >= 4 is 34.1 Å². The van der Waals surface area contributed by atoms with E-state index in [1.807, 2.05) is 49.4 Å². The fraction of sp³-hybridized carbons (Fsp3) is 0.296. The number of nitrogens with one attached hydrogen (secondary N) is 1. The summed E-state index contributed by atoms with van der Waals surface area (Å²) in [4.78, 5) is 24.6. The van der Waals surface area contributed by atoms with Crippen molar-refractivity contribution in [3.8, 4) is 16.9 Å². The predicted octanol–water partition coefficient (Wildman–Crippen LogP) is 5.60. The first-order chi connectivity index (χ1) is 17.0. The summed E-state index contributed by atoms with van der Waals surface area (Å²) in [7, 11) is 0. The average Bonchev–Trinajstić information content (AvgIpc) is 2.88. The van der Waals surface area contributed by atoms with Crippen molar-refractivity contribution < 1.29 is 4.74 Å². The van der Waals surface area contributed by atoms with Crippen LogP contribution in [0.5, 0.6) is 5.75 Å². The predicted molar refractivity (Wildman–Crippen MR) is 143 cm³/mol. The normalized spacial score (nSPS) is 11.2. The quantitative estimate of drug-likeness (QED) is 0.311. The first-order valence-electron chi connectivity index (χ1n) is 11.9. The number of hydrogen-bond donors (Lipinski definition) is 1. The van der Waals surface area contributed by atoms with Crippen LogP contribution in [0.1, 0.15) is 20.8 Å². The summed E-state index contributed by atoms with van der Waals surface area (Å²) in [6.07, 6.45) is 3.46. The minimum absolute atomic E-state index is 0.0883. The zero-order chi connectivity index (χ0) is 24.8. The van der Waals surface area contributed by atoms with Crippen molar-refractivity contribution in [2.45, 2.75) is 27.3 Å². The van der Waals surface area contributed by atoms with Crippen molar-refractivity contribution in [3.63, 3.8) is 0 Å². The Hall–Kier alpha value is -3.42. The number of anilines is 2. The van der Waals surface area contributed by atoms with Crippen molar-refractivity contribution in [3.05, 3.63) is 76.3 Å². The molecule has 0 saturated heterocycles. The summed E-state index contributed by atoms with van der Waals surface area (Å²) in [5.41, 5.74) is 1.98. The Balaban J connectivity index is 1.54. The topological polar surface area (TPSA) is 72.3 Å². The Morgan fingerprint density at radius 1 is 0.971 bits per heavy atom. The van der Waals surface area contributed by atoms with Gasteiger partial charge in [0.05, 0.1) is 11.7 Å². The number of hydrogen-bond acceptors (Lipinski definition) is 6. The molecular formula is C27H30ClN5O2. The van der Waals surface area contributed by atoms with Gasteiger partial charge >= 0.3 is 0 Å². The number of likely N-dealkylation sites (N-methyl/N-ethyl adjacent to an activating group) is 1. The van der Waals surface area contributed by atoms with Crippen LogP contribution in [0.4, 0.5) is 11.6 Å². The Labute approximate surface area is 210 Å². The molecule has 4 rings (SSSR count). The number of benzene rings is 1. The van der Waals surface area contributed by atoms with E-state index in [1.54, 1.807) is 23.0 Å². The molecule has 0 bridgehead atoms. The van der Waals surface area contributed by atoms with Crippen LogP contribution in [0, 0.1) is 0 Å². The van der Waals surface area contributed by atoms with E-state index in [0.29, 0.717) is 40.9 Å². The standard InChI is InChI=1S/C27H30ClN5O2/c1-4-32(5-2)13-14-35-20-11-12-25(30-18-20)31-26-16-24-19(17-29-26)15-22(27(34)33(24)6-3)21-9-7-8-10-23(21)28/h7-12,15-18H,4-6,13-14H2,1-3H3,(H,29,30,31). The van der Waals surface area contributed by atoms with Crippen LogP contribution in [-0.4, -0.2) is 45.7 Å². The lowest BCUT2D eigenvalue weighted by atomic mass is 10.1. The van der Waals surface area contributed by atoms with Crippen molar-refractivity contribution in [2.75, 3.05) is 31.6 Å². The summed E-state index contributed by atoms with van der Waals surface area (Å²) < 4.78 is 7.54. The highest BCUT2D eigenvalue weighted by atomic mass is 35.5. The lowest BCUT2D eigenvalue weighted by Gasteiger charge is -2.18. The Kier molecular flexibility index (Phi) is 8.00. The number of rotatable bonds is 10. The molecule has 0 aliphatic rings. The molecule has 0 saturated carbocycles. The molecular weight excluding hydrogens is 462 g/mol. The van der Waals surface area contributed by atoms with Crippen molar-refractivity contribution in [1.82, 2.24) is 19.4 Å². The number of aryl methyl sites for hydroxylation is 1. The molecule has 0 amide bonds. The van der Waals surface area contributed by atoms with Gasteiger partial charge < -0.3 is 19.5 Å². The minimum atomic E-state index is -0.0883. The van der Waals surface area contributed by atoms with E-state index in [4.69, 9.17) is 16.3 Å². The highest BCUT2D eigenvalue weighted by Gasteiger charge is 2.13. The van der Waals surface area contributed by atoms with Gasteiger partial charge in [0.25, 0.3) is 5.56 Å². The number of pyridine rings is 3. The molecule has 182 valence electrons. The second kappa shape index (κ2) is 11.3. The van der Waals surface area contributed by atoms with Crippen LogP contribution < -0.4 is 15.6 Å². The van der Waals surface area contributed by atoms with Gasteiger partial charge in [0.15, 0.2) is 0 Å². The molecule has 35 heavy (non-hydrogen) atoms. The zero-order valence-corrected chi connectivity index (χ0v) is 21.0. The fourth-order valence-electron chi connectivity index (χ4n) is 4.03. The summed E-state index contributed by atoms with van der Waals surface area (Å²) in [6, 6.07) is 14.8. The van der Waals surface area contributed by atoms with E-state index < -0.39 is 0 Å². The van der Waals surface area contributed by atoms with Gasteiger partial charge in [0.1, 0.15) is 24.0 Å². The van der Waals surface area contributed by atoms with E-state index >= 15 is 0 Å². The maximum absolute atomic E-state index is 13.3. The van der Waals surface area contributed by atoms with E-state index in [9.17, 15) is 4.79 Å². The highest BCUT2D eigenvalue weighted by Crippen LogP contribution is 2.28. The van der Waals surface area contributed by atoms with Gasteiger partial charge in [-0.15, -0.1) is 0 Å². The monoisotopic (exact) mass is 491 g/mol. The van der Waals surface area contributed by atoms with Gasteiger partial charge in [-0.25, -0.2) is 9.97 Å². The maximum Gasteiger partial charge on any atom is 0.258 e. The van der Waals surface area contributed by atoms with Gasteiger partial charge in [0, 0.05) is 46.9 Å². The second-order valence-electron chi connectivity index (χ2n) is 8.10. The van der Waals surface area contributed by atoms with Gasteiger partial charge in [-0.3, -0.25) is 4.79 Å². The molecule has 8 heteroatoms. The molecule has 0 atom stereocenters. The smallest absolute Gasteiger partial charge is 0.258 e. The van der Waals surface area contributed by atoms with Crippen LogP contribution in [0.25, 0.3) is 22.0 Å². The SMILES string of the molecule is CCN(CC)CCOc1ccc(Nc2cc3c(cn2)cc(-c2ccccc2Cl)c(=O)n3CC)nc1. The number of ether oxygens (including phenoxy) is 1. The molecule has 1 N–H and O–H groups in total. The molecule has 7 nitrogen and oxygen atoms in total. The second-order valence-corrected chi connectivity index (χ2v) is 8.50. The Morgan fingerprint density at radius 2 is 1.74 bits per heavy atom. The highest BCUT2D eigenvalue weighted by molar-refractivity contribution is 6.33. The molecule has 0 spiro atoms. The minimum Gasteiger partial charge on any atom is -0.491 e. The Morgan fingerprint density at radius 3 is 2.43 bits per heavy atom. The van der Waals surface area contributed by atoms with Gasteiger partial charge in [-0.2, -0.15) is 0 Å². The third-order valence-corrected chi connectivity index (χ3v) is 6.35. The molecule has 3 heterocycles. The van der Waals surface area contributed by atoms with Crippen molar-refractivity contribution in [2.24, 2.45) is 0 Å². The molecule has 0 aliphatic heterocycles. The van der Waals surface area contributed by atoms with Crippen LogP contribution in [0.2, 0.25) is 5.02 Å². The van der Waals surface area contributed by atoms with Gasteiger partial charge in [-0.1, -0.05) is 43.6 Å². The van der Waals surface area contributed by atoms with Gasteiger partial charge in [-0.05, 0) is 44.3 Å². The molecule has 1 aromatic carbocycles. The summed E-state index contributed by atoms with van der Waals surface area (Å²) >= 11 is 6.37. The third kappa shape index (κ3) is 5.63. The van der Waals surface area contributed by atoms with E-state index in [0.717, 1.165) is 36.3 Å². The molecule has 0 unspecified atom stereocenters. The molecule has 0 radical (unpaired) electrons. The molecule has 3 aromatic heterocycles. The summed E-state index contributed by atoms with van der Waals surface area (Å²) in [5.74, 6) is 1.97. The first-order valence-corrected chi connectivity index (χ1v) is 12.3. The van der Waals surface area contributed by atoms with E-state index in [2.05, 4.69) is 34.0 Å². The van der Waals surface area contributed by atoms with Gasteiger partial charge in [0.2, 0.25) is 0 Å². The van der Waals surface area contributed by atoms with Crippen LogP contribution in [0.15, 0.2) is 65.7 Å².